The average Bonchev–Trinajstić information content (AvgIpc) is 3.04. The fourth-order valence-electron chi connectivity index (χ4n) is 6.16. The van der Waals surface area contributed by atoms with Crippen LogP contribution in [0, 0.1) is 0 Å². The van der Waals surface area contributed by atoms with Crippen LogP contribution in [0.1, 0.15) is 11.1 Å². The standard InChI is InChI=1S/C35H39N3O4P/c1-36(2)25-12-16-28-32(22-25)43(39,27-14-10-24(11-15-27)38-18-20-42-21-19-38)33-23-26(37(3)4)13-17-29(33)34(28)35-30(40-5)8-7-9-31(35)41-6/h7-17,22-23H,18-21H2,1-6H3/q+1. The molecule has 0 saturated carbocycles. The minimum atomic E-state index is -3.34. The topological polar surface area (TPSA) is 54.3 Å². The molecule has 222 valence electrons. The van der Waals surface area contributed by atoms with Gasteiger partial charge in [0.15, 0.2) is 12.9 Å². The zero-order valence-electron chi connectivity index (χ0n) is 25.8. The predicted molar refractivity (Wildman–Crippen MR) is 177 cm³/mol. The van der Waals surface area contributed by atoms with Crippen LogP contribution in [0.25, 0.3) is 5.57 Å². The number of nitrogens with zero attached hydrogens (tertiary/aromatic N) is 3. The Morgan fingerprint density at radius 3 is 2.19 bits per heavy atom. The van der Waals surface area contributed by atoms with E-state index in [1.165, 1.54) is 0 Å². The van der Waals surface area contributed by atoms with Gasteiger partial charge in [0.2, 0.25) is 0 Å². The Bertz CT molecular complexity index is 1720. The van der Waals surface area contributed by atoms with Crippen molar-refractivity contribution in [3.8, 4) is 11.5 Å². The summed E-state index contributed by atoms with van der Waals surface area (Å²) in [6.45, 7) is 3.12. The van der Waals surface area contributed by atoms with Crippen molar-refractivity contribution in [3.63, 3.8) is 0 Å². The monoisotopic (exact) mass is 596 g/mol. The Morgan fingerprint density at radius 2 is 1.58 bits per heavy atom. The van der Waals surface area contributed by atoms with Crippen molar-refractivity contribution in [1.82, 2.24) is 0 Å². The molecule has 3 aliphatic rings. The highest BCUT2D eigenvalue weighted by atomic mass is 31.2. The lowest BCUT2D eigenvalue weighted by Crippen LogP contribution is -2.36. The summed E-state index contributed by atoms with van der Waals surface area (Å²) in [5.41, 5.74) is 6.72. The zero-order valence-corrected chi connectivity index (χ0v) is 26.7. The lowest BCUT2D eigenvalue weighted by Gasteiger charge is -2.35. The van der Waals surface area contributed by atoms with Gasteiger partial charge in [-0.15, -0.1) is 0 Å². The zero-order chi connectivity index (χ0) is 30.3. The second kappa shape index (κ2) is 11.6. The molecule has 6 rings (SSSR count). The predicted octanol–water partition coefficient (Wildman–Crippen LogP) is 4.90. The number of rotatable bonds is 6. The van der Waals surface area contributed by atoms with Gasteiger partial charge in [-0.2, -0.15) is 0 Å². The molecule has 0 N–H and O–H groups in total. The fraction of sp³-hybridized carbons (Fsp3) is 0.286. The highest BCUT2D eigenvalue weighted by molar-refractivity contribution is 7.83. The first-order valence-corrected chi connectivity index (χ1v) is 16.2. The smallest absolute Gasteiger partial charge is 0.200 e. The molecule has 1 atom stereocenters. The quantitative estimate of drug-likeness (QED) is 0.298. The molecule has 2 heterocycles. The fourth-order valence-corrected chi connectivity index (χ4v) is 9.22. The SMILES string of the molecule is COc1cccc(OC)c1C1=C2C=CC(=[N+](C)C)C=C2P(=O)(c2ccc(N3CCOCC3)cc2)c2cc(N(C)C)ccc21. The van der Waals surface area contributed by atoms with Crippen molar-refractivity contribution < 1.29 is 23.4 Å². The number of hydrogen-bond acceptors (Lipinski definition) is 6. The lowest BCUT2D eigenvalue weighted by atomic mass is 9.88. The second-order valence-electron chi connectivity index (χ2n) is 11.3. The highest BCUT2D eigenvalue weighted by Gasteiger charge is 2.44. The van der Waals surface area contributed by atoms with Crippen LogP contribution < -0.4 is 29.9 Å². The molecule has 0 bridgehead atoms. The maximum absolute atomic E-state index is 16.1. The van der Waals surface area contributed by atoms with E-state index in [0.717, 1.165) is 68.4 Å². The van der Waals surface area contributed by atoms with Crippen molar-refractivity contribution in [3.05, 3.63) is 101 Å². The van der Waals surface area contributed by atoms with Gasteiger partial charge in [0, 0.05) is 72.2 Å². The van der Waals surface area contributed by atoms with Crippen molar-refractivity contribution >= 4 is 40.4 Å². The first-order valence-electron chi connectivity index (χ1n) is 14.5. The Labute approximate surface area is 254 Å². The number of methoxy groups -OCH3 is 2. The Balaban J connectivity index is 1.67. The molecule has 3 aromatic carbocycles. The van der Waals surface area contributed by atoms with E-state index >= 15 is 4.57 Å². The first kappa shape index (κ1) is 29.0. The normalized spacial score (nSPS) is 19.4. The summed E-state index contributed by atoms with van der Waals surface area (Å²) in [6.07, 6.45) is 6.29. The van der Waals surface area contributed by atoms with E-state index in [-0.39, 0.29) is 0 Å². The van der Waals surface area contributed by atoms with Crippen LogP contribution in [0.15, 0.2) is 89.8 Å². The molecule has 1 saturated heterocycles. The van der Waals surface area contributed by atoms with Crippen LogP contribution >= 0.6 is 7.14 Å². The minimum absolute atomic E-state index is 0.700. The summed E-state index contributed by atoms with van der Waals surface area (Å²) in [4.78, 5) is 4.38. The van der Waals surface area contributed by atoms with Gasteiger partial charge in [-0.25, -0.2) is 4.58 Å². The van der Waals surface area contributed by atoms with Crippen molar-refractivity contribution in [2.75, 3.05) is 78.5 Å². The van der Waals surface area contributed by atoms with E-state index < -0.39 is 7.14 Å². The van der Waals surface area contributed by atoms with Gasteiger partial charge >= 0.3 is 0 Å². The molecule has 3 aromatic rings. The van der Waals surface area contributed by atoms with Crippen LogP contribution in [0.4, 0.5) is 11.4 Å². The molecule has 1 fully saturated rings. The van der Waals surface area contributed by atoms with E-state index in [0.29, 0.717) is 24.7 Å². The van der Waals surface area contributed by atoms with Gasteiger partial charge in [-0.05, 0) is 65.7 Å². The number of allylic oxidation sites excluding steroid dienone is 5. The summed E-state index contributed by atoms with van der Waals surface area (Å²) in [7, 11) is 8.06. The van der Waals surface area contributed by atoms with E-state index in [1.54, 1.807) is 14.2 Å². The van der Waals surface area contributed by atoms with Gasteiger partial charge in [0.05, 0.1) is 33.0 Å². The Hall–Kier alpha value is -4.06. The molecule has 8 heteroatoms. The van der Waals surface area contributed by atoms with Crippen LogP contribution in [0.5, 0.6) is 11.5 Å². The van der Waals surface area contributed by atoms with Gasteiger partial charge in [0.25, 0.3) is 0 Å². The van der Waals surface area contributed by atoms with Gasteiger partial charge < -0.3 is 28.6 Å². The molecule has 1 unspecified atom stereocenters. The largest absolute Gasteiger partial charge is 0.496 e. The first-order chi connectivity index (χ1) is 20.8. The number of ether oxygens (including phenoxy) is 3. The molecule has 2 aliphatic heterocycles. The van der Waals surface area contributed by atoms with Gasteiger partial charge in [0.1, 0.15) is 25.6 Å². The molecule has 0 amide bonds. The highest BCUT2D eigenvalue weighted by Crippen LogP contribution is 2.62. The average molecular weight is 597 g/mol. The summed E-state index contributed by atoms with van der Waals surface area (Å²) < 4.78 is 35.5. The Kier molecular flexibility index (Phi) is 7.80. The van der Waals surface area contributed by atoms with Crippen LogP contribution in [-0.2, 0) is 9.30 Å². The van der Waals surface area contributed by atoms with Crippen LogP contribution in [0.2, 0.25) is 0 Å². The lowest BCUT2D eigenvalue weighted by molar-refractivity contribution is -0.462. The van der Waals surface area contributed by atoms with Crippen LogP contribution in [0.3, 0.4) is 0 Å². The molecule has 7 nitrogen and oxygen atoms in total. The number of benzene rings is 3. The summed E-state index contributed by atoms with van der Waals surface area (Å²) >= 11 is 0. The molecule has 0 radical (unpaired) electrons. The molecular weight excluding hydrogens is 557 g/mol. The third-order valence-corrected chi connectivity index (χ3v) is 11.6. The molecule has 43 heavy (non-hydrogen) atoms. The second-order valence-corrected chi connectivity index (χ2v) is 14.0. The third-order valence-electron chi connectivity index (χ3n) is 8.48. The van der Waals surface area contributed by atoms with Gasteiger partial charge in [-0.3, -0.25) is 0 Å². The van der Waals surface area contributed by atoms with Crippen molar-refractivity contribution in [2.24, 2.45) is 0 Å². The van der Waals surface area contributed by atoms with Gasteiger partial charge in [-0.1, -0.05) is 12.1 Å². The molecular formula is C35H39N3O4P+. The van der Waals surface area contributed by atoms with E-state index in [9.17, 15) is 0 Å². The van der Waals surface area contributed by atoms with Crippen molar-refractivity contribution in [1.29, 1.82) is 0 Å². The third kappa shape index (κ3) is 4.91. The maximum atomic E-state index is 16.1. The number of hydrogen-bond donors (Lipinski definition) is 0. The van der Waals surface area contributed by atoms with E-state index in [1.807, 2.05) is 46.4 Å². The molecule has 1 aliphatic carbocycles. The summed E-state index contributed by atoms with van der Waals surface area (Å²) in [5, 5.41) is 2.43. The Morgan fingerprint density at radius 1 is 0.907 bits per heavy atom. The number of fused-ring (bicyclic) bond motifs is 2. The number of anilines is 2. The van der Waals surface area contributed by atoms with E-state index in [2.05, 4.69) is 75.1 Å². The van der Waals surface area contributed by atoms with Crippen LogP contribution in [-0.4, -0.2) is 79.0 Å². The molecule has 0 spiro atoms. The summed E-state index contributed by atoms with van der Waals surface area (Å²) in [5.74, 6) is 1.40. The molecule has 0 aromatic heterocycles. The van der Waals surface area contributed by atoms with E-state index in [4.69, 9.17) is 14.2 Å². The number of morpholine rings is 1. The summed E-state index contributed by atoms with van der Waals surface area (Å²) in [6, 6.07) is 20.4. The van der Waals surface area contributed by atoms with Crippen molar-refractivity contribution in [2.45, 2.75) is 0 Å². The minimum Gasteiger partial charge on any atom is -0.496 e. The maximum Gasteiger partial charge on any atom is 0.200 e.